The Morgan fingerprint density at radius 2 is 1.77 bits per heavy atom. The Hall–Kier alpha value is -1.95. The van der Waals surface area contributed by atoms with Crippen LogP contribution in [0.15, 0.2) is 42.5 Å². The highest BCUT2D eigenvalue weighted by atomic mass is 35.5. The van der Waals surface area contributed by atoms with Crippen molar-refractivity contribution in [3.8, 4) is 5.75 Å². The van der Waals surface area contributed by atoms with Crippen LogP contribution in [0.2, 0.25) is 10.0 Å². The second-order valence-corrected chi connectivity index (χ2v) is 5.27. The van der Waals surface area contributed by atoms with E-state index in [-0.39, 0.29) is 0 Å². The van der Waals surface area contributed by atoms with Gasteiger partial charge in [-0.3, -0.25) is 10.2 Å². The molecule has 0 fully saturated rings. The molecule has 0 aliphatic carbocycles. The minimum Gasteiger partial charge on any atom is -0.492 e. The lowest BCUT2D eigenvalue weighted by atomic mass is 10.1. The number of anilines is 1. The Kier molecular flexibility index (Phi) is 5.89. The first-order valence-corrected chi connectivity index (χ1v) is 7.28. The number of hydrazine groups is 1. The first-order valence-electron chi connectivity index (χ1n) is 6.53. The van der Waals surface area contributed by atoms with E-state index in [0.717, 1.165) is 5.75 Å². The molecule has 4 N–H and O–H groups in total. The van der Waals surface area contributed by atoms with E-state index in [2.05, 4.69) is 10.7 Å². The third-order valence-electron chi connectivity index (χ3n) is 2.86. The third-order valence-corrected chi connectivity index (χ3v) is 3.34. The van der Waals surface area contributed by atoms with Crippen molar-refractivity contribution in [3.63, 3.8) is 0 Å². The number of nitrogens with two attached hydrogens (primary N) is 1. The van der Waals surface area contributed by atoms with Gasteiger partial charge in [0.2, 0.25) is 0 Å². The molecule has 116 valence electrons. The van der Waals surface area contributed by atoms with Crippen LogP contribution in [-0.2, 0) is 0 Å². The molecule has 0 saturated heterocycles. The summed E-state index contributed by atoms with van der Waals surface area (Å²) in [5.74, 6) is 5.47. The second-order valence-electron chi connectivity index (χ2n) is 4.39. The maximum atomic E-state index is 11.7. The Balaban J connectivity index is 1.91. The van der Waals surface area contributed by atoms with E-state index in [1.54, 1.807) is 42.5 Å². The minimum atomic E-state index is -0.413. The summed E-state index contributed by atoms with van der Waals surface area (Å²) in [6, 6.07) is 12.1. The largest absolute Gasteiger partial charge is 0.492 e. The number of rotatable bonds is 6. The molecular formula is C15H15Cl2N3O2. The predicted octanol–water partition coefficient (Wildman–Crippen LogP) is 3.09. The van der Waals surface area contributed by atoms with Gasteiger partial charge in [-0.25, -0.2) is 5.84 Å². The summed E-state index contributed by atoms with van der Waals surface area (Å²) in [5.41, 5.74) is 3.10. The molecular weight excluding hydrogens is 325 g/mol. The van der Waals surface area contributed by atoms with E-state index < -0.39 is 5.91 Å². The molecule has 0 bridgehead atoms. The Morgan fingerprint density at radius 3 is 2.45 bits per heavy atom. The molecule has 0 heterocycles. The number of nitrogens with one attached hydrogen (secondary N) is 2. The van der Waals surface area contributed by atoms with Crippen molar-refractivity contribution in [3.05, 3.63) is 58.1 Å². The fourth-order valence-electron chi connectivity index (χ4n) is 1.82. The van der Waals surface area contributed by atoms with Crippen molar-refractivity contribution in [1.29, 1.82) is 0 Å². The third kappa shape index (κ3) is 4.53. The zero-order chi connectivity index (χ0) is 15.9. The van der Waals surface area contributed by atoms with Crippen LogP contribution in [0.25, 0.3) is 0 Å². The van der Waals surface area contributed by atoms with Crippen LogP contribution >= 0.6 is 23.2 Å². The minimum absolute atomic E-state index is 0.376. The van der Waals surface area contributed by atoms with E-state index in [1.165, 1.54) is 0 Å². The standard InChI is InChI=1S/C15H15Cl2N3O2/c16-10-1-4-12(5-2-10)22-8-7-19-14-6-3-11(17)9-13(14)15(21)20-18/h1-6,9,19H,7-8,18H2,(H,20,21). The summed E-state index contributed by atoms with van der Waals surface area (Å²) in [4.78, 5) is 11.7. The second kappa shape index (κ2) is 7.89. The molecule has 22 heavy (non-hydrogen) atoms. The Bertz CT molecular complexity index is 648. The number of ether oxygens (including phenoxy) is 1. The predicted molar refractivity (Wildman–Crippen MR) is 88.5 cm³/mol. The molecule has 2 aromatic carbocycles. The highest BCUT2D eigenvalue weighted by molar-refractivity contribution is 6.31. The Labute approximate surface area is 138 Å². The number of hydrogen-bond donors (Lipinski definition) is 3. The van der Waals surface area contributed by atoms with Gasteiger partial charge in [-0.05, 0) is 42.5 Å². The Morgan fingerprint density at radius 1 is 1.09 bits per heavy atom. The van der Waals surface area contributed by atoms with E-state index in [1.807, 2.05) is 0 Å². The van der Waals surface area contributed by atoms with Crippen LogP contribution in [0.1, 0.15) is 10.4 Å². The van der Waals surface area contributed by atoms with Crippen LogP contribution < -0.4 is 21.3 Å². The molecule has 0 aliphatic rings. The van der Waals surface area contributed by atoms with E-state index in [4.69, 9.17) is 33.8 Å². The fraction of sp³-hybridized carbons (Fsp3) is 0.133. The fourth-order valence-corrected chi connectivity index (χ4v) is 2.12. The average molecular weight is 340 g/mol. The summed E-state index contributed by atoms with van der Waals surface area (Å²) in [6.07, 6.45) is 0. The van der Waals surface area contributed by atoms with Crippen LogP contribution in [0.5, 0.6) is 5.75 Å². The zero-order valence-electron chi connectivity index (χ0n) is 11.6. The van der Waals surface area contributed by atoms with Gasteiger partial charge in [-0.2, -0.15) is 0 Å². The first-order chi connectivity index (χ1) is 10.6. The van der Waals surface area contributed by atoms with Crippen molar-refractivity contribution in [2.75, 3.05) is 18.5 Å². The number of benzene rings is 2. The van der Waals surface area contributed by atoms with Crippen LogP contribution in [0, 0.1) is 0 Å². The monoisotopic (exact) mass is 339 g/mol. The topological polar surface area (TPSA) is 76.4 Å². The van der Waals surface area contributed by atoms with Crippen molar-refractivity contribution in [1.82, 2.24) is 5.43 Å². The van der Waals surface area contributed by atoms with Gasteiger partial charge in [0.05, 0.1) is 5.56 Å². The number of carbonyl (C=O) groups excluding carboxylic acids is 1. The molecule has 5 nitrogen and oxygen atoms in total. The van der Waals surface area contributed by atoms with Gasteiger partial charge in [0.1, 0.15) is 12.4 Å². The van der Waals surface area contributed by atoms with E-state index >= 15 is 0 Å². The lowest BCUT2D eigenvalue weighted by molar-refractivity contribution is 0.0954. The molecule has 0 spiro atoms. The summed E-state index contributed by atoms with van der Waals surface area (Å²) >= 11 is 11.7. The highest BCUT2D eigenvalue weighted by Gasteiger charge is 2.10. The van der Waals surface area contributed by atoms with Crippen molar-refractivity contribution in [2.24, 2.45) is 5.84 Å². The number of amides is 1. The van der Waals surface area contributed by atoms with E-state index in [9.17, 15) is 4.79 Å². The molecule has 7 heteroatoms. The van der Waals surface area contributed by atoms with Gasteiger partial charge < -0.3 is 10.1 Å². The normalized spacial score (nSPS) is 10.1. The lowest BCUT2D eigenvalue weighted by Gasteiger charge is -2.12. The highest BCUT2D eigenvalue weighted by Crippen LogP contribution is 2.20. The number of nitrogen functional groups attached to an aromatic ring is 1. The van der Waals surface area contributed by atoms with Gasteiger partial charge in [0, 0.05) is 22.3 Å². The SMILES string of the molecule is NNC(=O)c1cc(Cl)ccc1NCCOc1ccc(Cl)cc1. The first kappa shape index (κ1) is 16.4. The van der Waals surface area contributed by atoms with Gasteiger partial charge in [0.15, 0.2) is 0 Å². The maximum Gasteiger partial charge on any atom is 0.267 e. The van der Waals surface area contributed by atoms with Crippen LogP contribution in [0.3, 0.4) is 0 Å². The lowest BCUT2D eigenvalue weighted by Crippen LogP contribution is -2.30. The number of carbonyl (C=O) groups is 1. The molecule has 2 rings (SSSR count). The smallest absolute Gasteiger partial charge is 0.267 e. The molecule has 0 atom stereocenters. The van der Waals surface area contributed by atoms with Crippen LogP contribution in [0.4, 0.5) is 5.69 Å². The van der Waals surface area contributed by atoms with Gasteiger partial charge >= 0.3 is 0 Å². The van der Waals surface area contributed by atoms with Crippen molar-refractivity contribution in [2.45, 2.75) is 0 Å². The molecule has 0 aromatic heterocycles. The summed E-state index contributed by atoms with van der Waals surface area (Å²) in [7, 11) is 0. The molecule has 0 saturated carbocycles. The molecule has 0 aliphatic heterocycles. The summed E-state index contributed by atoms with van der Waals surface area (Å²) in [6.45, 7) is 0.934. The molecule has 0 unspecified atom stereocenters. The molecule has 2 aromatic rings. The van der Waals surface area contributed by atoms with Crippen LogP contribution in [-0.4, -0.2) is 19.1 Å². The number of hydrogen-bond acceptors (Lipinski definition) is 4. The van der Waals surface area contributed by atoms with Gasteiger partial charge in [0.25, 0.3) is 5.91 Å². The van der Waals surface area contributed by atoms with Gasteiger partial charge in [-0.1, -0.05) is 23.2 Å². The summed E-state index contributed by atoms with van der Waals surface area (Å²) in [5, 5.41) is 4.23. The maximum absolute atomic E-state index is 11.7. The average Bonchev–Trinajstić information content (AvgIpc) is 2.53. The number of halogens is 2. The van der Waals surface area contributed by atoms with Gasteiger partial charge in [-0.15, -0.1) is 0 Å². The van der Waals surface area contributed by atoms with Crippen molar-refractivity contribution < 1.29 is 9.53 Å². The quantitative estimate of drug-likeness (QED) is 0.327. The van der Waals surface area contributed by atoms with E-state index in [0.29, 0.717) is 34.4 Å². The molecule has 1 amide bonds. The zero-order valence-corrected chi connectivity index (χ0v) is 13.1. The summed E-state index contributed by atoms with van der Waals surface area (Å²) < 4.78 is 5.56. The molecule has 0 radical (unpaired) electrons. The van der Waals surface area contributed by atoms with Crippen molar-refractivity contribution >= 4 is 34.8 Å².